The lowest BCUT2D eigenvalue weighted by Gasteiger charge is -2.51. The Morgan fingerprint density at radius 3 is 2.31 bits per heavy atom. The van der Waals surface area contributed by atoms with Crippen LogP contribution in [0.3, 0.4) is 0 Å². The van der Waals surface area contributed by atoms with E-state index in [9.17, 15) is 24.0 Å². The highest BCUT2D eigenvalue weighted by Crippen LogP contribution is 2.42. The number of rotatable bonds is 9. The van der Waals surface area contributed by atoms with E-state index in [4.69, 9.17) is 14.2 Å². The number of alkyl carbamates (subject to hydrolysis) is 1. The summed E-state index contributed by atoms with van der Waals surface area (Å²) in [5.41, 5.74) is 1.67. The van der Waals surface area contributed by atoms with Crippen molar-refractivity contribution in [3.8, 4) is 0 Å². The minimum Gasteiger partial charge on any atom is -0.451 e. The Balaban J connectivity index is 1.26. The Morgan fingerprint density at radius 1 is 1.02 bits per heavy atom. The van der Waals surface area contributed by atoms with Crippen LogP contribution in [0, 0.1) is 0 Å². The lowest BCUT2D eigenvalue weighted by atomic mass is 9.95. The Labute approximate surface area is 301 Å². The lowest BCUT2D eigenvalue weighted by molar-refractivity contribution is -0.164. The molecule has 12 nitrogen and oxygen atoms in total. The van der Waals surface area contributed by atoms with Gasteiger partial charge < -0.3 is 34.2 Å². The number of ether oxygens (including phenoxy) is 3. The molecule has 268 valence electrons. The first kappa shape index (κ1) is 35.8. The van der Waals surface area contributed by atoms with Gasteiger partial charge in [0.05, 0.1) is 6.04 Å². The molecule has 0 spiro atoms. The molecule has 2 aromatic carbocycles. The van der Waals surface area contributed by atoms with Crippen LogP contribution in [0.4, 0.5) is 9.59 Å². The van der Waals surface area contributed by atoms with Crippen LogP contribution in [0.15, 0.2) is 95.9 Å². The number of likely N-dealkylation sites (tertiary alicyclic amines) is 2. The second kappa shape index (κ2) is 15.1. The first-order valence-electron chi connectivity index (χ1n) is 17.0. The van der Waals surface area contributed by atoms with Crippen LogP contribution in [0.2, 0.25) is 0 Å². The van der Waals surface area contributed by atoms with Crippen molar-refractivity contribution in [3.05, 3.63) is 107 Å². The second-order valence-corrected chi connectivity index (χ2v) is 14.7. The standard InChI is InChI=1S/C38H42N4O8S/c1-5-20-48-37(47)40-18-17-28(22-40)41-19-16-26(32(41)43)21-27-23-51-34-29(39-36(46)50-38(2,3)4)33(44)42(34)30(27)35(45)49-31(24-12-8-6-9-13-24)25-14-10-7-11-15-25/h5-15,21,23,28-31,34H,1,16-20,22H2,2-4H3,(H,39,46)/b26-21+/t28-,29+,30+,34+/m0/s1. The highest BCUT2D eigenvalue weighted by Gasteiger charge is 2.56. The summed E-state index contributed by atoms with van der Waals surface area (Å²) in [5.74, 6) is -1.32. The third-order valence-corrected chi connectivity index (χ3v) is 10.2. The zero-order valence-electron chi connectivity index (χ0n) is 28.9. The lowest BCUT2D eigenvalue weighted by Crippen LogP contribution is -2.74. The number of nitrogens with one attached hydrogen (secondary N) is 1. The van der Waals surface area contributed by atoms with Crippen LogP contribution in [0.1, 0.15) is 50.8 Å². The van der Waals surface area contributed by atoms with Crippen LogP contribution in [0.5, 0.6) is 0 Å². The molecule has 0 unspecified atom stereocenters. The number of benzene rings is 2. The molecule has 0 aromatic heterocycles. The molecule has 4 aliphatic heterocycles. The van der Waals surface area contributed by atoms with Gasteiger partial charge in [0.25, 0.3) is 0 Å². The maximum absolute atomic E-state index is 14.4. The molecule has 1 N–H and O–H groups in total. The fourth-order valence-electron chi connectivity index (χ4n) is 6.67. The first-order chi connectivity index (χ1) is 24.4. The summed E-state index contributed by atoms with van der Waals surface area (Å²) < 4.78 is 16.8. The minimum atomic E-state index is -1.17. The molecular weight excluding hydrogens is 673 g/mol. The molecule has 0 radical (unpaired) electrons. The summed E-state index contributed by atoms with van der Waals surface area (Å²) in [6.45, 7) is 10.2. The van der Waals surface area contributed by atoms with Gasteiger partial charge in [-0.15, -0.1) is 11.8 Å². The van der Waals surface area contributed by atoms with Gasteiger partial charge in [0.1, 0.15) is 23.6 Å². The van der Waals surface area contributed by atoms with Crippen molar-refractivity contribution in [3.63, 3.8) is 0 Å². The number of nitrogens with zero attached hydrogens (tertiary/aromatic N) is 3. The predicted octanol–water partition coefficient (Wildman–Crippen LogP) is 4.94. The molecule has 3 fully saturated rings. The second-order valence-electron chi connectivity index (χ2n) is 13.7. The van der Waals surface area contributed by atoms with E-state index in [0.29, 0.717) is 43.6 Å². The van der Waals surface area contributed by atoms with Gasteiger partial charge in [-0.2, -0.15) is 0 Å². The molecular formula is C38H42N4O8S. The van der Waals surface area contributed by atoms with Crippen LogP contribution >= 0.6 is 11.8 Å². The zero-order valence-corrected chi connectivity index (χ0v) is 29.7. The van der Waals surface area contributed by atoms with Gasteiger partial charge in [-0.25, -0.2) is 14.4 Å². The molecule has 4 amide bonds. The molecule has 13 heteroatoms. The largest absolute Gasteiger partial charge is 0.451 e. The average molecular weight is 715 g/mol. The molecule has 4 atom stereocenters. The maximum Gasteiger partial charge on any atom is 0.410 e. The highest BCUT2D eigenvalue weighted by molar-refractivity contribution is 8.03. The number of amides is 4. The fourth-order valence-corrected chi connectivity index (χ4v) is 7.87. The summed E-state index contributed by atoms with van der Waals surface area (Å²) in [5, 5.41) is 3.82. The topological polar surface area (TPSA) is 135 Å². The summed E-state index contributed by atoms with van der Waals surface area (Å²) in [4.78, 5) is 71.6. The van der Waals surface area contributed by atoms with Crippen LogP contribution in [0.25, 0.3) is 0 Å². The summed E-state index contributed by atoms with van der Waals surface area (Å²) in [6.07, 6.45) is 2.30. The van der Waals surface area contributed by atoms with Gasteiger partial charge in [0.2, 0.25) is 11.8 Å². The van der Waals surface area contributed by atoms with Crippen molar-refractivity contribution in [2.24, 2.45) is 0 Å². The SMILES string of the molecule is C=CCOC(=O)N1CC[C@H](N2CC/C(=C\C3=CS[C@@H]4[C@H](NC(=O)OC(C)(C)C)C(=O)N4[C@H]3C(=O)OC(c3ccccc3)c3ccccc3)C2=O)C1. The summed E-state index contributed by atoms with van der Waals surface area (Å²) in [6, 6.07) is 16.4. The van der Waals surface area contributed by atoms with Crippen molar-refractivity contribution < 1.29 is 38.2 Å². The molecule has 51 heavy (non-hydrogen) atoms. The van der Waals surface area contributed by atoms with Gasteiger partial charge in [-0.3, -0.25) is 9.59 Å². The van der Waals surface area contributed by atoms with Gasteiger partial charge in [0.15, 0.2) is 12.1 Å². The average Bonchev–Trinajstić information content (AvgIpc) is 3.75. The van der Waals surface area contributed by atoms with Crippen LogP contribution in [-0.4, -0.2) is 100 Å². The van der Waals surface area contributed by atoms with Crippen molar-refractivity contribution in [1.29, 1.82) is 0 Å². The van der Waals surface area contributed by atoms with Gasteiger partial charge in [-0.05, 0) is 61.8 Å². The first-order valence-corrected chi connectivity index (χ1v) is 17.9. The normalized spacial score (nSPS) is 23.8. The summed E-state index contributed by atoms with van der Waals surface area (Å²) >= 11 is 1.28. The number of carbonyl (C=O) groups excluding carboxylic acids is 5. The number of fused-ring (bicyclic) bond motifs is 1. The number of hydrogen-bond acceptors (Lipinski definition) is 9. The van der Waals surface area contributed by atoms with Gasteiger partial charge in [-0.1, -0.05) is 73.3 Å². The molecule has 2 aromatic rings. The van der Waals surface area contributed by atoms with Crippen LogP contribution < -0.4 is 5.32 Å². The third-order valence-electron chi connectivity index (χ3n) is 9.04. The quantitative estimate of drug-likeness (QED) is 0.126. The number of carbonyl (C=O) groups is 5. The molecule has 3 saturated heterocycles. The number of esters is 1. The molecule has 0 aliphatic carbocycles. The monoisotopic (exact) mass is 714 g/mol. The van der Waals surface area contributed by atoms with Crippen molar-refractivity contribution in [1.82, 2.24) is 20.0 Å². The van der Waals surface area contributed by atoms with Gasteiger partial charge >= 0.3 is 18.2 Å². The highest BCUT2D eigenvalue weighted by atomic mass is 32.2. The molecule has 0 saturated carbocycles. The van der Waals surface area contributed by atoms with Crippen molar-refractivity contribution >= 4 is 41.7 Å². The summed E-state index contributed by atoms with van der Waals surface area (Å²) in [7, 11) is 0. The van der Waals surface area contributed by atoms with E-state index in [-0.39, 0.29) is 18.6 Å². The van der Waals surface area contributed by atoms with Gasteiger partial charge in [0, 0.05) is 25.2 Å². The Morgan fingerprint density at radius 2 is 1.69 bits per heavy atom. The number of hydrogen-bond donors (Lipinski definition) is 1. The van der Waals surface area contributed by atoms with E-state index in [1.165, 1.54) is 22.7 Å². The minimum absolute atomic E-state index is 0.113. The van der Waals surface area contributed by atoms with E-state index in [0.717, 1.165) is 11.1 Å². The zero-order chi connectivity index (χ0) is 36.3. The van der Waals surface area contributed by atoms with E-state index in [1.807, 2.05) is 60.7 Å². The number of β-lactam (4-membered cyclic amide) rings is 1. The predicted molar refractivity (Wildman–Crippen MR) is 190 cm³/mol. The van der Waals surface area contributed by atoms with E-state index < -0.39 is 53.2 Å². The van der Waals surface area contributed by atoms with Crippen LogP contribution in [-0.2, 0) is 28.6 Å². The van der Waals surface area contributed by atoms with E-state index in [1.54, 1.807) is 42.1 Å². The Bertz CT molecular complexity index is 1700. The third kappa shape index (κ3) is 7.83. The molecule has 0 bridgehead atoms. The molecule has 4 aliphatic rings. The van der Waals surface area contributed by atoms with E-state index >= 15 is 0 Å². The van der Waals surface area contributed by atoms with E-state index in [2.05, 4.69) is 11.9 Å². The van der Waals surface area contributed by atoms with Crippen molar-refractivity contribution in [2.75, 3.05) is 26.2 Å². The Hall–Kier alpha value is -5.04. The smallest absolute Gasteiger partial charge is 0.410 e. The Kier molecular flexibility index (Phi) is 10.6. The van der Waals surface area contributed by atoms with Crippen molar-refractivity contribution in [2.45, 2.75) is 68.8 Å². The molecule has 4 heterocycles. The number of thioether (sulfide) groups is 1. The fraction of sp³-hybridized carbons (Fsp3) is 0.395. The molecule has 6 rings (SSSR count). The maximum atomic E-state index is 14.4.